The van der Waals surface area contributed by atoms with Crippen LogP contribution in [-0.4, -0.2) is 15.5 Å². The SMILES string of the molecule is COc1ccc(-c2ccccc2)cc1NS(=O)(=O)c1cc(Cl)cc(Cl)c1F. The molecule has 0 spiro atoms. The van der Waals surface area contributed by atoms with Gasteiger partial charge in [0.1, 0.15) is 10.6 Å². The fourth-order valence-electron chi connectivity index (χ4n) is 2.53. The fraction of sp³-hybridized carbons (Fsp3) is 0.0526. The molecule has 0 heterocycles. The third-order valence-corrected chi connectivity index (χ3v) is 5.66. The summed E-state index contributed by atoms with van der Waals surface area (Å²) in [4.78, 5) is -0.646. The smallest absolute Gasteiger partial charge is 0.265 e. The Morgan fingerprint density at radius 3 is 2.33 bits per heavy atom. The summed E-state index contributed by atoms with van der Waals surface area (Å²) in [5.41, 5.74) is 1.81. The predicted molar refractivity (Wildman–Crippen MR) is 106 cm³/mol. The van der Waals surface area contributed by atoms with Crippen molar-refractivity contribution in [2.75, 3.05) is 11.8 Å². The summed E-state index contributed by atoms with van der Waals surface area (Å²) in [5.74, 6) is -0.793. The van der Waals surface area contributed by atoms with Gasteiger partial charge in [-0.15, -0.1) is 0 Å². The molecule has 3 aromatic carbocycles. The number of benzene rings is 3. The molecule has 0 fully saturated rings. The highest BCUT2D eigenvalue weighted by Gasteiger charge is 2.23. The summed E-state index contributed by atoms with van der Waals surface area (Å²) < 4.78 is 47.3. The topological polar surface area (TPSA) is 55.4 Å². The zero-order valence-electron chi connectivity index (χ0n) is 14.0. The Morgan fingerprint density at radius 1 is 0.963 bits per heavy atom. The van der Waals surface area contributed by atoms with Crippen LogP contribution < -0.4 is 9.46 Å². The molecule has 1 N–H and O–H groups in total. The highest BCUT2D eigenvalue weighted by Crippen LogP contribution is 2.34. The van der Waals surface area contributed by atoms with Gasteiger partial charge in [-0.1, -0.05) is 59.6 Å². The Kier molecular flexibility index (Phi) is 5.60. The number of anilines is 1. The molecule has 140 valence electrons. The molecule has 27 heavy (non-hydrogen) atoms. The van der Waals surface area contributed by atoms with Gasteiger partial charge in [-0.05, 0) is 35.4 Å². The van der Waals surface area contributed by atoms with E-state index >= 15 is 0 Å². The van der Waals surface area contributed by atoms with Crippen molar-refractivity contribution in [3.63, 3.8) is 0 Å². The number of methoxy groups -OCH3 is 1. The second-order valence-corrected chi connectivity index (χ2v) is 8.08. The van der Waals surface area contributed by atoms with Crippen LogP contribution in [0.2, 0.25) is 10.0 Å². The van der Waals surface area contributed by atoms with Crippen LogP contribution in [0, 0.1) is 5.82 Å². The third-order valence-electron chi connectivity index (χ3n) is 3.80. The maximum atomic E-state index is 14.3. The second-order valence-electron chi connectivity index (χ2n) is 5.59. The van der Waals surface area contributed by atoms with Crippen LogP contribution in [0.25, 0.3) is 11.1 Å². The molecule has 0 aliphatic heterocycles. The second kappa shape index (κ2) is 7.76. The normalized spacial score (nSPS) is 11.3. The summed E-state index contributed by atoms with van der Waals surface area (Å²) in [6.45, 7) is 0. The Bertz CT molecular complexity index is 1090. The minimum Gasteiger partial charge on any atom is -0.495 e. The number of ether oxygens (including phenoxy) is 1. The first-order valence-corrected chi connectivity index (χ1v) is 9.96. The first-order chi connectivity index (χ1) is 12.8. The molecular weight excluding hydrogens is 412 g/mol. The number of sulfonamides is 1. The molecule has 3 rings (SSSR count). The Balaban J connectivity index is 2.06. The number of halogens is 3. The lowest BCUT2D eigenvalue weighted by atomic mass is 10.1. The van der Waals surface area contributed by atoms with Crippen LogP contribution in [0.4, 0.5) is 10.1 Å². The number of rotatable bonds is 5. The zero-order chi connectivity index (χ0) is 19.6. The summed E-state index contributed by atoms with van der Waals surface area (Å²) in [7, 11) is -2.89. The van der Waals surface area contributed by atoms with Crippen molar-refractivity contribution >= 4 is 38.9 Å². The molecule has 0 bridgehead atoms. The van der Waals surface area contributed by atoms with Gasteiger partial charge in [-0.3, -0.25) is 4.72 Å². The van der Waals surface area contributed by atoms with E-state index in [1.807, 2.05) is 30.3 Å². The van der Waals surface area contributed by atoms with Crippen LogP contribution in [0.1, 0.15) is 0 Å². The molecule has 0 aliphatic carbocycles. The molecule has 0 atom stereocenters. The lowest BCUT2D eigenvalue weighted by molar-refractivity contribution is 0.417. The highest BCUT2D eigenvalue weighted by molar-refractivity contribution is 7.92. The number of hydrogen-bond donors (Lipinski definition) is 1. The van der Waals surface area contributed by atoms with Crippen molar-refractivity contribution < 1.29 is 17.5 Å². The molecule has 0 saturated carbocycles. The van der Waals surface area contributed by atoms with Gasteiger partial charge in [0, 0.05) is 5.02 Å². The van der Waals surface area contributed by atoms with Crippen molar-refractivity contribution in [2.45, 2.75) is 4.90 Å². The van der Waals surface area contributed by atoms with Crippen molar-refractivity contribution in [3.05, 3.63) is 76.5 Å². The fourth-order valence-corrected chi connectivity index (χ4v) is 4.33. The van der Waals surface area contributed by atoms with Crippen molar-refractivity contribution in [1.29, 1.82) is 0 Å². The van der Waals surface area contributed by atoms with E-state index in [-0.39, 0.29) is 21.5 Å². The minimum absolute atomic E-state index is 0.00627. The van der Waals surface area contributed by atoms with Crippen LogP contribution in [0.15, 0.2) is 65.6 Å². The molecule has 0 amide bonds. The van der Waals surface area contributed by atoms with E-state index in [1.54, 1.807) is 18.2 Å². The van der Waals surface area contributed by atoms with Crippen LogP contribution in [-0.2, 0) is 10.0 Å². The summed E-state index contributed by atoms with van der Waals surface area (Å²) in [5, 5.41) is -0.375. The number of hydrogen-bond acceptors (Lipinski definition) is 3. The minimum atomic E-state index is -4.29. The molecular formula is C19H14Cl2FNO3S. The van der Waals surface area contributed by atoms with Gasteiger partial charge >= 0.3 is 0 Å². The molecule has 0 radical (unpaired) electrons. The van der Waals surface area contributed by atoms with Crippen molar-refractivity contribution in [2.24, 2.45) is 0 Å². The average molecular weight is 426 g/mol. The molecule has 0 saturated heterocycles. The zero-order valence-corrected chi connectivity index (χ0v) is 16.4. The average Bonchev–Trinajstić information content (AvgIpc) is 2.65. The maximum Gasteiger partial charge on any atom is 0.265 e. The van der Waals surface area contributed by atoms with Gasteiger partial charge in [-0.2, -0.15) is 0 Å². The van der Waals surface area contributed by atoms with E-state index in [0.717, 1.165) is 23.3 Å². The van der Waals surface area contributed by atoms with E-state index in [4.69, 9.17) is 27.9 Å². The predicted octanol–water partition coefficient (Wildman–Crippen LogP) is 5.61. The van der Waals surface area contributed by atoms with Crippen LogP contribution >= 0.6 is 23.2 Å². The molecule has 4 nitrogen and oxygen atoms in total. The lowest BCUT2D eigenvalue weighted by Crippen LogP contribution is -2.15. The van der Waals surface area contributed by atoms with E-state index in [9.17, 15) is 12.8 Å². The van der Waals surface area contributed by atoms with Crippen molar-refractivity contribution in [3.8, 4) is 16.9 Å². The van der Waals surface area contributed by atoms with Crippen LogP contribution in [0.3, 0.4) is 0 Å². The first-order valence-electron chi connectivity index (χ1n) is 7.72. The highest BCUT2D eigenvalue weighted by atomic mass is 35.5. The van der Waals surface area contributed by atoms with Gasteiger partial charge in [0.25, 0.3) is 10.0 Å². The van der Waals surface area contributed by atoms with Gasteiger partial charge < -0.3 is 4.74 Å². The van der Waals surface area contributed by atoms with Crippen LogP contribution in [0.5, 0.6) is 5.75 Å². The molecule has 0 aliphatic rings. The maximum absolute atomic E-state index is 14.3. The molecule has 0 unspecified atom stereocenters. The first kappa shape index (κ1) is 19.5. The lowest BCUT2D eigenvalue weighted by Gasteiger charge is -2.14. The summed E-state index contributed by atoms with van der Waals surface area (Å²) in [6.07, 6.45) is 0. The Morgan fingerprint density at radius 2 is 1.67 bits per heavy atom. The third kappa shape index (κ3) is 4.18. The van der Waals surface area contributed by atoms with E-state index in [1.165, 1.54) is 7.11 Å². The monoisotopic (exact) mass is 425 g/mol. The number of nitrogens with one attached hydrogen (secondary N) is 1. The van der Waals surface area contributed by atoms with E-state index in [0.29, 0.717) is 0 Å². The van der Waals surface area contributed by atoms with Gasteiger partial charge in [0.05, 0.1) is 17.8 Å². The van der Waals surface area contributed by atoms with Gasteiger partial charge in [-0.25, -0.2) is 12.8 Å². The molecule has 8 heteroatoms. The van der Waals surface area contributed by atoms with Gasteiger partial charge in [0.15, 0.2) is 5.82 Å². The summed E-state index contributed by atoms with van der Waals surface area (Å²) >= 11 is 11.5. The quantitative estimate of drug-likeness (QED) is 0.540. The van der Waals surface area contributed by atoms with E-state index < -0.39 is 20.7 Å². The van der Waals surface area contributed by atoms with E-state index in [2.05, 4.69) is 4.72 Å². The Hall–Kier alpha value is -2.28. The molecule has 0 aromatic heterocycles. The Labute approximate surface area is 166 Å². The summed E-state index contributed by atoms with van der Waals surface area (Å²) in [6, 6.07) is 16.5. The van der Waals surface area contributed by atoms with Gasteiger partial charge in [0.2, 0.25) is 0 Å². The largest absolute Gasteiger partial charge is 0.495 e. The standard InChI is InChI=1S/C19H14Cl2FNO3S/c1-26-17-8-7-13(12-5-3-2-4-6-12)9-16(17)23-27(24,25)18-11-14(20)10-15(21)19(18)22/h2-11,23H,1H3. The van der Waals surface area contributed by atoms with Crippen molar-refractivity contribution in [1.82, 2.24) is 0 Å². The molecule has 3 aromatic rings.